The molecular weight excluding hydrogens is 250 g/mol. The van der Waals surface area contributed by atoms with Gasteiger partial charge in [-0.2, -0.15) is 0 Å². The van der Waals surface area contributed by atoms with Crippen LogP contribution >= 0.6 is 0 Å². The number of rotatable bonds is 3. The van der Waals surface area contributed by atoms with E-state index in [0.717, 1.165) is 5.56 Å². The Labute approximate surface area is 108 Å². The fourth-order valence-corrected chi connectivity index (χ4v) is 4.01. The minimum atomic E-state index is -3.09. The number of nitrogens with one attached hydrogen (secondary N) is 1. The van der Waals surface area contributed by atoms with Crippen LogP contribution in [0, 0.1) is 6.92 Å². The van der Waals surface area contributed by atoms with Crippen molar-refractivity contribution in [2.75, 3.05) is 11.5 Å². The first-order chi connectivity index (χ1) is 8.37. The topological polar surface area (TPSA) is 66.4 Å². The minimum Gasteiger partial charge on any atom is -0.390 e. The molecule has 0 bridgehead atoms. The van der Waals surface area contributed by atoms with Crippen molar-refractivity contribution in [2.24, 2.45) is 0 Å². The van der Waals surface area contributed by atoms with Gasteiger partial charge in [-0.1, -0.05) is 29.8 Å². The predicted octanol–water partition coefficient (Wildman–Crippen LogP) is 0.804. The number of aliphatic hydroxyl groups is 1. The minimum absolute atomic E-state index is 0.0182. The van der Waals surface area contributed by atoms with Gasteiger partial charge < -0.3 is 10.4 Å². The monoisotopic (exact) mass is 269 g/mol. The highest BCUT2D eigenvalue weighted by Crippen LogP contribution is 2.18. The highest BCUT2D eigenvalue weighted by Gasteiger charge is 2.36. The summed E-state index contributed by atoms with van der Waals surface area (Å²) >= 11 is 0. The molecule has 18 heavy (non-hydrogen) atoms. The lowest BCUT2D eigenvalue weighted by atomic mass is 10.1. The Kier molecular flexibility index (Phi) is 3.75. The van der Waals surface area contributed by atoms with Crippen LogP contribution in [0.3, 0.4) is 0 Å². The highest BCUT2D eigenvalue weighted by atomic mass is 32.2. The molecular formula is C13H19NO3S. The Bertz CT molecular complexity index is 510. The Morgan fingerprint density at radius 3 is 2.39 bits per heavy atom. The van der Waals surface area contributed by atoms with Gasteiger partial charge >= 0.3 is 0 Å². The molecule has 2 N–H and O–H groups in total. The maximum Gasteiger partial charge on any atom is 0.154 e. The number of aryl methyl sites for hydroxylation is 1. The van der Waals surface area contributed by atoms with Crippen LogP contribution in [0.25, 0.3) is 0 Å². The summed E-state index contributed by atoms with van der Waals surface area (Å²) in [4.78, 5) is 0. The first kappa shape index (κ1) is 13.5. The largest absolute Gasteiger partial charge is 0.390 e. The third-order valence-electron chi connectivity index (χ3n) is 3.36. The molecule has 1 fully saturated rings. The lowest BCUT2D eigenvalue weighted by Crippen LogP contribution is -2.40. The molecule has 0 amide bonds. The Balaban J connectivity index is 2.04. The maximum atomic E-state index is 11.4. The van der Waals surface area contributed by atoms with Crippen LogP contribution in [-0.2, 0) is 9.84 Å². The van der Waals surface area contributed by atoms with Gasteiger partial charge in [0.1, 0.15) is 0 Å². The molecule has 1 heterocycles. The van der Waals surface area contributed by atoms with Crippen LogP contribution in [0.5, 0.6) is 0 Å². The van der Waals surface area contributed by atoms with Crippen LogP contribution in [-0.4, -0.2) is 37.2 Å². The van der Waals surface area contributed by atoms with Gasteiger partial charge in [0, 0.05) is 12.1 Å². The zero-order valence-corrected chi connectivity index (χ0v) is 11.4. The average Bonchev–Trinajstić information content (AvgIpc) is 2.52. The van der Waals surface area contributed by atoms with Gasteiger partial charge in [-0.3, -0.25) is 0 Å². The van der Waals surface area contributed by atoms with E-state index in [9.17, 15) is 13.5 Å². The van der Waals surface area contributed by atoms with Crippen molar-refractivity contribution in [3.63, 3.8) is 0 Å². The van der Waals surface area contributed by atoms with E-state index in [2.05, 4.69) is 5.32 Å². The summed E-state index contributed by atoms with van der Waals surface area (Å²) in [7, 11) is -3.09. The quantitative estimate of drug-likeness (QED) is 0.852. The van der Waals surface area contributed by atoms with Crippen LogP contribution < -0.4 is 5.32 Å². The predicted molar refractivity (Wildman–Crippen MR) is 71.2 cm³/mol. The Hall–Kier alpha value is -0.910. The van der Waals surface area contributed by atoms with Crippen LogP contribution in [0.15, 0.2) is 24.3 Å². The smallest absolute Gasteiger partial charge is 0.154 e. The lowest BCUT2D eigenvalue weighted by molar-refractivity contribution is 0.160. The second-order valence-corrected chi connectivity index (χ2v) is 7.20. The van der Waals surface area contributed by atoms with Crippen LogP contribution in [0.2, 0.25) is 0 Å². The Morgan fingerprint density at radius 1 is 1.28 bits per heavy atom. The van der Waals surface area contributed by atoms with E-state index in [4.69, 9.17) is 0 Å². The fourth-order valence-electron chi connectivity index (χ4n) is 2.26. The summed E-state index contributed by atoms with van der Waals surface area (Å²) in [6, 6.07) is 7.74. The summed E-state index contributed by atoms with van der Waals surface area (Å²) in [5.41, 5.74) is 2.28. The molecule has 1 aliphatic heterocycles. The maximum absolute atomic E-state index is 11.4. The van der Waals surface area contributed by atoms with Crippen LogP contribution in [0.1, 0.15) is 24.1 Å². The molecule has 100 valence electrons. The van der Waals surface area contributed by atoms with Crippen molar-refractivity contribution in [1.82, 2.24) is 5.32 Å². The molecule has 1 aliphatic rings. The van der Waals surface area contributed by atoms with Crippen LogP contribution in [0.4, 0.5) is 0 Å². The third-order valence-corrected chi connectivity index (χ3v) is 5.08. The van der Waals surface area contributed by atoms with Crippen molar-refractivity contribution in [2.45, 2.75) is 32.0 Å². The molecule has 5 heteroatoms. The van der Waals surface area contributed by atoms with Crippen molar-refractivity contribution in [3.05, 3.63) is 35.4 Å². The number of hydrogen-bond donors (Lipinski definition) is 2. The van der Waals surface area contributed by atoms with E-state index in [1.54, 1.807) is 0 Å². The summed E-state index contributed by atoms with van der Waals surface area (Å²) in [5.74, 6) is -0.115. The molecule has 0 aliphatic carbocycles. The zero-order chi connectivity index (χ0) is 13.3. The van der Waals surface area contributed by atoms with E-state index in [1.807, 2.05) is 38.1 Å². The van der Waals surface area contributed by atoms with E-state index in [0.29, 0.717) is 0 Å². The second-order valence-electron chi connectivity index (χ2n) is 5.05. The molecule has 1 aromatic carbocycles. The number of sulfone groups is 1. The first-order valence-electron chi connectivity index (χ1n) is 6.08. The highest BCUT2D eigenvalue weighted by molar-refractivity contribution is 7.91. The van der Waals surface area contributed by atoms with Gasteiger partial charge in [0.15, 0.2) is 9.84 Å². The second kappa shape index (κ2) is 4.99. The van der Waals surface area contributed by atoms with E-state index < -0.39 is 15.9 Å². The first-order valence-corrected chi connectivity index (χ1v) is 7.90. The van der Waals surface area contributed by atoms with Crippen molar-refractivity contribution >= 4 is 9.84 Å². The van der Waals surface area contributed by atoms with Crippen molar-refractivity contribution in [3.8, 4) is 0 Å². The van der Waals surface area contributed by atoms with Crippen molar-refractivity contribution in [1.29, 1.82) is 0 Å². The lowest BCUT2D eigenvalue weighted by Gasteiger charge is -2.21. The fraction of sp³-hybridized carbons (Fsp3) is 0.538. The van der Waals surface area contributed by atoms with Gasteiger partial charge in [0.25, 0.3) is 0 Å². The summed E-state index contributed by atoms with van der Waals surface area (Å²) in [6.45, 7) is 4.00. The molecule has 0 spiro atoms. The Morgan fingerprint density at radius 2 is 1.89 bits per heavy atom. The molecule has 1 saturated heterocycles. The summed E-state index contributed by atoms with van der Waals surface area (Å²) in [5, 5.41) is 12.9. The van der Waals surface area contributed by atoms with Gasteiger partial charge in [-0.05, 0) is 19.4 Å². The van der Waals surface area contributed by atoms with E-state index in [-0.39, 0.29) is 23.6 Å². The van der Waals surface area contributed by atoms with Gasteiger partial charge in [-0.25, -0.2) is 8.42 Å². The molecule has 2 rings (SSSR count). The van der Waals surface area contributed by atoms with Gasteiger partial charge in [0.2, 0.25) is 0 Å². The molecule has 1 aromatic rings. The van der Waals surface area contributed by atoms with E-state index in [1.165, 1.54) is 5.56 Å². The van der Waals surface area contributed by atoms with Crippen molar-refractivity contribution < 1.29 is 13.5 Å². The SMILES string of the molecule is Cc1ccc([C@H](C)NC2CS(=O)(=O)CC2O)cc1. The molecule has 0 saturated carbocycles. The van der Waals surface area contributed by atoms with Gasteiger partial charge in [-0.15, -0.1) is 0 Å². The molecule has 2 unspecified atom stereocenters. The average molecular weight is 269 g/mol. The van der Waals surface area contributed by atoms with Gasteiger partial charge in [0.05, 0.1) is 17.6 Å². The normalized spacial score (nSPS) is 28.2. The molecule has 0 radical (unpaired) electrons. The zero-order valence-electron chi connectivity index (χ0n) is 10.6. The number of hydrogen-bond acceptors (Lipinski definition) is 4. The number of benzene rings is 1. The molecule has 3 atom stereocenters. The molecule has 4 nitrogen and oxygen atoms in total. The standard InChI is InChI=1S/C13H19NO3S/c1-9-3-5-11(6-4-9)10(2)14-12-7-18(16,17)8-13(12)15/h3-6,10,12-15H,7-8H2,1-2H3/t10-,12?,13?/m0/s1. The molecule has 0 aromatic heterocycles. The van der Waals surface area contributed by atoms with E-state index >= 15 is 0 Å². The third kappa shape index (κ3) is 3.10. The summed E-state index contributed by atoms with van der Waals surface area (Å²) in [6.07, 6.45) is -0.803. The summed E-state index contributed by atoms with van der Waals surface area (Å²) < 4.78 is 22.8. The number of aliphatic hydroxyl groups excluding tert-OH is 1.